The lowest BCUT2D eigenvalue weighted by molar-refractivity contribution is -0.138. The summed E-state index contributed by atoms with van der Waals surface area (Å²) < 4.78 is 28.9. The van der Waals surface area contributed by atoms with E-state index in [0.717, 1.165) is 5.56 Å². The first kappa shape index (κ1) is 25.2. The number of hydrogen-bond donors (Lipinski definition) is 2. The van der Waals surface area contributed by atoms with E-state index >= 15 is 0 Å². The van der Waals surface area contributed by atoms with E-state index < -0.39 is 10.0 Å². The molecule has 9 heteroatoms. The van der Waals surface area contributed by atoms with Crippen molar-refractivity contribution in [3.8, 4) is 0 Å². The summed E-state index contributed by atoms with van der Waals surface area (Å²) in [6.45, 7) is 3.71. The molecular weight excluding hydrogens is 464 g/mol. The molecule has 2 atom stereocenters. The van der Waals surface area contributed by atoms with Crippen molar-refractivity contribution in [3.63, 3.8) is 0 Å². The van der Waals surface area contributed by atoms with Crippen molar-refractivity contribution < 1.29 is 18.0 Å². The molecule has 2 fully saturated rings. The van der Waals surface area contributed by atoms with Crippen molar-refractivity contribution in [2.45, 2.75) is 49.6 Å². The summed E-state index contributed by atoms with van der Waals surface area (Å²) in [5, 5.41) is 5.69. The number of nitrogens with one attached hydrogen (secondary N) is 2. The monoisotopic (exact) mass is 498 g/mol. The van der Waals surface area contributed by atoms with Crippen LogP contribution in [0, 0.1) is 5.92 Å². The Morgan fingerprint density at radius 3 is 2.17 bits per heavy atom. The molecule has 2 aliphatic rings. The number of urea groups is 1. The lowest BCUT2D eigenvalue weighted by atomic mass is 9.89. The Hall–Kier alpha value is -2.91. The van der Waals surface area contributed by atoms with Crippen LogP contribution in [0.3, 0.4) is 0 Å². The lowest BCUT2D eigenvalue weighted by Gasteiger charge is -2.41. The molecule has 3 amide bonds. The van der Waals surface area contributed by atoms with E-state index in [1.807, 2.05) is 42.2 Å². The third-order valence-electron chi connectivity index (χ3n) is 6.90. The Morgan fingerprint density at radius 1 is 0.914 bits per heavy atom. The van der Waals surface area contributed by atoms with Gasteiger partial charge in [0.05, 0.1) is 16.9 Å². The highest BCUT2D eigenvalue weighted by molar-refractivity contribution is 7.89. The van der Waals surface area contributed by atoms with Crippen molar-refractivity contribution >= 4 is 22.0 Å². The van der Waals surface area contributed by atoms with Crippen LogP contribution in [0.4, 0.5) is 4.79 Å². The van der Waals surface area contributed by atoms with E-state index in [2.05, 4.69) is 10.6 Å². The molecule has 2 unspecified atom stereocenters. The zero-order chi connectivity index (χ0) is 24.8. The van der Waals surface area contributed by atoms with Gasteiger partial charge in [-0.25, -0.2) is 13.2 Å². The summed E-state index contributed by atoms with van der Waals surface area (Å²) in [6, 6.07) is 17.6. The fraction of sp³-hybridized carbons (Fsp3) is 0.462. The van der Waals surface area contributed by atoms with E-state index in [9.17, 15) is 18.0 Å². The number of benzene rings is 2. The van der Waals surface area contributed by atoms with Gasteiger partial charge < -0.3 is 15.5 Å². The molecule has 2 N–H and O–H groups in total. The topological polar surface area (TPSA) is 98.8 Å². The fourth-order valence-electron chi connectivity index (χ4n) is 5.04. The number of sulfonamides is 1. The number of likely N-dealkylation sites (tertiary alicyclic amines) is 1. The summed E-state index contributed by atoms with van der Waals surface area (Å²) in [6.07, 6.45) is 2.60. The van der Waals surface area contributed by atoms with Gasteiger partial charge >= 0.3 is 6.03 Å². The first-order valence-electron chi connectivity index (χ1n) is 12.3. The number of carbonyl (C=O) groups is 2. The smallest absolute Gasteiger partial charge is 0.314 e. The maximum absolute atomic E-state index is 13.7. The van der Waals surface area contributed by atoms with Crippen molar-refractivity contribution in [1.82, 2.24) is 19.8 Å². The zero-order valence-corrected chi connectivity index (χ0v) is 20.9. The van der Waals surface area contributed by atoms with Crippen LogP contribution >= 0.6 is 0 Å². The molecule has 0 aromatic heterocycles. The van der Waals surface area contributed by atoms with E-state index in [0.29, 0.717) is 45.3 Å². The molecule has 8 nitrogen and oxygen atoms in total. The Labute approximate surface area is 207 Å². The first-order chi connectivity index (χ1) is 16.9. The van der Waals surface area contributed by atoms with Crippen LogP contribution in [0.5, 0.6) is 0 Å². The molecule has 188 valence electrons. The minimum atomic E-state index is -3.78. The second kappa shape index (κ2) is 11.2. The number of amides is 3. The van der Waals surface area contributed by atoms with Gasteiger partial charge in [0.15, 0.2) is 0 Å². The van der Waals surface area contributed by atoms with Gasteiger partial charge in [0.1, 0.15) is 0 Å². The van der Waals surface area contributed by atoms with Crippen molar-refractivity contribution in [2.24, 2.45) is 5.92 Å². The summed E-state index contributed by atoms with van der Waals surface area (Å²) in [5.74, 6) is -0.386. The largest absolute Gasteiger partial charge is 0.342 e. The quantitative estimate of drug-likeness (QED) is 0.639. The molecule has 0 aliphatic carbocycles. The van der Waals surface area contributed by atoms with Crippen LogP contribution in [0.25, 0.3) is 0 Å². The van der Waals surface area contributed by atoms with Gasteiger partial charge in [-0.05, 0) is 50.3 Å². The molecule has 2 saturated heterocycles. The van der Waals surface area contributed by atoms with Crippen LogP contribution in [0.15, 0.2) is 65.6 Å². The molecule has 0 bridgehead atoms. The highest BCUT2D eigenvalue weighted by atomic mass is 32.2. The van der Waals surface area contributed by atoms with Gasteiger partial charge in [0.25, 0.3) is 0 Å². The molecule has 4 rings (SSSR count). The summed E-state index contributed by atoms with van der Waals surface area (Å²) >= 11 is 0. The van der Waals surface area contributed by atoms with Crippen LogP contribution in [-0.2, 0) is 14.8 Å². The Kier molecular flexibility index (Phi) is 8.07. The fourth-order valence-corrected chi connectivity index (χ4v) is 6.75. The van der Waals surface area contributed by atoms with E-state index in [4.69, 9.17) is 0 Å². The van der Waals surface area contributed by atoms with E-state index in [-0.39, 0.29) is 41.4 Å². The molecule has 2 aliphatic heterocycles. The van der Waals surface area contributed by atoms with Crippen molar-refractivity contribution in [3.05, 3.63) is 66.2 Å². The predicted octanol–water partition coefficient (Wildman–Crippen LogP) is 3.14. The van der Waals surface area contributed by atoms with Gasteiger partial charge in [0.2, 0.25) is 15.9 Å². The van der Waals surface area contributed by atoms with Crippen LogP contribution in [0.1, 0.15) is 44.2 Å². The lowest BCUT2D eigenvalue weighted by Crippen LogP contribution is -2.52. The van der Waals surface area contributed by atoms with Crippen LogP contribution < -0.4 is 10.6 Å². The van der Waals surface area contributed by atoms with Gasteiger partial charge in [0, 0.05) is 32.2 Å². The maximum atomic E-state index is 13.7. The minimum absolute atomic E-state index is 0.00114. The van der Waals surface area contributed by atoms with Crippen LogP contribution in [-0.4, -0.2) is 61.8 Å². The third kappa shape index (κ3) is 5.85. The first-order valence-corrected chi connectivity index (χ1v) is 13.8. The molecule has 2 heterocycles. The molecule has 2 aromatic carbocycles. The second-order valence-electron chi connectivity index (χ2n) is 9.19. The summed E-state index contributed by atoms with van der Waals surface area (Å²) in [4.78, 5) is 27.3. The van der Waals surface area contributed by atoms with Crippen molar-refractivity contribution in [1.29, 1.82) is 0 Å². The second-order valence-corrected chi connectivity index (χ2v) is 11.1. The van der Waals surface area contributed by atoms with Gasteiger partial charge in [-0.2, -0.15) is 4.31 Å². The van der Waals surface area contributed by atoms with Crippen LogP contribution in [0.2, 0.25) is 0 Å². The van der Waals surface area contributed by atoms with E-state index in [1.54, 1.807) is 30.3 Å². The Balaban J connectivity index is 1.48. The third-order valence-corrected chi connectivity index (χ3v) is 8.79. The molecule has 2 aromatic rings. The number of hydrogen-bond acceptors (Lipinski definition) is 4. The standard InChI is InChI=1S/C26H34N4O4S/c1-2-27-26(32)28-22-15-17-29(18-16-22)25(31)21-13-14-24(20-9-5-3-6-10-20)30(19-21)35(33,34)23-11-7-4-8-12-23/h3-12,21-22,24H,2,13-19H2,1H3,(H2,27,28,32). The maximum Gasteiger partial charge on any atom is 0.314 e. The van der Waals surface area contributed by atoms with Crippen molar-refractivity contribution in [2.75, 3.05) is 26.2 Å². The van der Waals surface area contributed by atoms with Gasteiger partial charge in [-0.3, -0.25) is 4.79 Å². The highest BCUT2D eigenvalue weighted by Crippen LogP contribution is 2.38. The number of nitrogens with zero attached hydrogens (tertiary/aromatic N) is 2. The number of piperidine rings is 2. The number of carbonyl (C=O) groups excluding carboxylic acids is 2. The highest BCUT2D eigenvalue weighted by Gasteiger charge is 2.41. The molecule has 0 spiro atoms. The normalized spacial score (nSPS) is 21.9. The zero-order valence-electron chi connectivity index (χ0n) is 20.1. The van der Waals surface area contributed by atoms with E-state index in [1.165, 1.54) is 4.31 Å². The van der Waals surface area contributed by atoms with Gasteiger partial charge in [-0.1, -0.05) is 48.5 Å². The predicted molar refractivity (Wildman–Crippen MR) is 134 cm³/mol. The molecule has 0 radical (unpaired) electrons. The Morgan fingerprint density at radius 2 is 1.54 bits per heavy atom. The van der Waals surface area contributed by atoms with Gasteiger partial charge in [-0.15, -0.1) is 0 Å². The molecular formula is C26H34N4O4S. The summed E-state index contributed by atoms with van der Waals surface area (Å²) in [5.41, 5.74) is 0.940. The average Bonchev–Trinajstić information content (AvgIpc) is 2.89. The minimum Gasteiger partial charge on any atom is -0.342 e. The Bertz CT molecular complexity index is 1100. The summed E-state index contributed by atoms with van der Waals surface area (Å²) in [7, 11) is -3.78. The molecule has 0 saturated carbocycles. The number of rotatable bonds is 6. The SMILES string of the molecule is CCNC(=O)NC1CCN(C(=O)C2CCC(c3ccccc3)N(S(=O)(=O)c3ccccc3)C2)CC1. The molecule has 35 heavy (non-hydrogen) atoms. The average molecular weight is 499 g/mol.